The summed E-state index contributed by atoms with van der Waals surface area (Å²) in [5, 5.41) is 2.62. The van der Waals surface area contributed by atoms with Crippen molar-refractivity contribution in [1.29, 1.82) is 0 Å². The van der Waals surface area contributed by atoms with Crippen molar-refractivity contribution in [1.82, 2.24) is 10.2 Å². The number of nitrogens with zero attached hydrogens (tertiary/aromatic N) is 1. The Hall–Kier alpha value is -1.10. The van der Waals surface area contributed by atoms with Gasteiger partial charge in [0, 0.05) is 13.1 Å². The first kappa shape index (κ1) is 13.0. The minimum atomic E-state index is -0.785. The van der Waals surface area contributed by atoms with E-state index in [1.54, 1.807) is 6.92 Å². The van der Waals surface area contributed by atoms with Gasteiger partial charge in [-0.1, -0.05) is 0 Å². The van der Waals surface area contributed by atoms with Crippen molar-refractivity contribution in [2.75, 3.05) is 33.3 Å². The second-order valence-electron chi connectivity index (χ2n) is 4.20. The molecule has 1 aliphatic rings. The highest BCUT2D eigenvalue weighted by Gasteiger charge is 2.20. The van der Waals surface area contributed by atoms with Crippen LogP contribution in [0, 0.1) is 5.92 Å². The van der Waals surface area contributed by atoms with Crippen LogP contribution in [-0.4, -0.2) is 50.1 Å². The van der Waals surface area contributed by atoms with E-state index in [0.29, 0.717) is 12.5 Å². The van der Waals surface area contributed by atoms with Crippen molar-refractivity contribution in [3.05, 3.63) is 0 Å². The van der Waals surface area contributed by atoms with Crippen LogP contribution in [-0.2, 0) is 14.3 Å². The van der Waals surface area contributed by atoms with Crippen LogP contribution in [0.4, 0.5) is 0 Å². The third kappa shape index (κ3) is 4.18. The smallest absolute Gasteiger partial charge is 0.396 e. The Bertz CT molecular complexity index is 256. The summed E-state index contributed by atoms with van der Waals surface area (Å²) < 4.78 is 4.60. The van der Waals surface area contributed by atoms with Crippen molar-refractivity contribution in [3.63, 3.8) is 0 Å². The predicted molar refractivity (Wildman–Crippen MR) is 59.9 cm³/mol. The molecule has 1 unspecified atom stereocenters. The minimum Gasteiger partial charge on any atom is -0.459 e. The number of carbonyl (C=O) groups is 2. The van der Waals surface area contributed by atoms with Gasteiger partial charge in [-0.2, -0.15) is 0 Å². The third-order valence-corrected chi connectivity index (χ3v) is 2.73. The van der Waals surface area contributed by atoms with Gasteiger partial charge in [0.15, 0.2) is 0 Å². The first-order valence-corrected chi connectivity index (χ1v) is 5.77. The zero-order chi connectivity index (χ0) is 12.0. The molecule has 1 N–H and O–H groups in total. The molecule has 1 saturated heterocycles. The fourth-order valence-electron chi connectivity index (χ4n) is 1.95. The molecule has 0 bridgehead atoms. The monoisotopic (exact) mass is 228 g/mol. The van der Waals surface area contributed by atoms with E-state index in [1.807, 2.05) is 0 Å². The maximum atomic E-state index is 11.3. The van der Waals surface area contributed by atoms with Gasteiger partial charge in [-0.15, -0.1) is 0 Å². The Labute approximate surface area is 96.1 Å². The molecule has 92 valence electrons. The van der Waals surface area contributed by atoms with Crippen LogP contribution < -0.4 is 5.32 Å². The summed E-state index contributed by atoms with van der Waals surface area (Å²) >= 11 is 0. The molecular formula is C11H20N2O3. The second-order valence-corrected chi connectivity index (χ2v) is 4.20. The third-order valence-electron chi connectivity index (χ3n) is 2.73. The first-order valence-electron chi connectivity index (χ1n) is 5.77. The van der Waals surface area contributed by atoms with Crippen LogP contribution in [0.15, 0.2) is 0 Å². The molecule has 0 spiro atoms. The van der Waals surface area contributed by atoms with Gasteiger partial charge in [0.2, 0.25) is 0 Å². The molecule has 0 aromatic heterocycles. The van der Waals surface area contributed by atoms with Crippen LogP contribution in [0.2, 0.25) is 0 Å². The lowest BCUT2D eigenvalue weighted by Gasteiger charge is -2.29. The molecule has 0 saturated carbocycles. The van der Waals surface area contributed by atoms with Gasteiger partial charge < -0.3 is 15.0 Å². The molecule has 0 aromatic rings. The molecule has 1 rings (SSSR count). The standard InChI is InChI=1S/C11H20N2O3/c1-3-16-11(15)10(14)12-7-9-5-4-6-13(2)8-9/h9H,3-8H2,1-2H3,(H,12,14). The Kier molecular flexibility index (Phi) is 5.25. The topological polar surface area (TPSA) is 58.6 Å². The van der Waals surface area contributed by atoms with Crippen molar-refractivity contribution in [3.8, 4) is 0 Å². The quantitative estimate of drug-likeness (QED) is 0.546. The Morgan fingerprint density at radius 1 is 1.50 bits per heavy atom. The summed E-state index contributed by atoms with van der Waals surface area (Å²) in [5.41, 5.74) is 0. The molecule has 0 aromatic carbocycles. The molecule has 1 amide bonds. The lowest BCUT2D eigenvalue weighted by atomic mass is 9.98. The number of nitrogens with one attached hydrogen (secondary N) is 1. The van der Waals surface area contributed by atoms with E-state index in [0.717, 1.165) is 25.9 Å². The first-order chi connectivity index (χ1) is 7.63. The highest BCUT2D eigenvalue weighted by molar-refractivity contribution is 6.32. The van der Waals surface area contributed by atoms with E-state index in [2.05, 4.69) is 22.0 Å². The molecule has 1 aliphatic heterocycles. The zero-order valence-corrected chi connectivity index (χ0v) is 9.99. The number of carbonyl (C=O) groups excluding carboxylic acids is 2. The number of hydrogen-bond acceptors (Lipinski definition) is 4. The average molecular weight is 228 g/mol. The number of hydrogen-bond donors (Lipinski definition) is 1. The zero-order valence-electron chi connectivity index (χ0n) is 9.99. The summed E-state index contributed by atoms with van der Waals surface area (Å²) in [6, 6.07) is 0. The fourth-order valence-corrected chi connectivity index (χ4v) is 1.95. The van der Waals surface area contributed by atoms with Crippen LogP contribution in [0.25, 0.3) is 0 Å². The Morgan fingerprint density at radius 3 is 2.88 bits per heavy atom. The van der Waals surface area contributed by atoms with E-state index >= 15 is 0 Å². The normalized spacial score (nSPS) is 21.5. The summed E-state index contributed by atoms with van der Waals surface area (Å²) in [7, 11) is 2.07. The molecule has 16 heavy (non-hydrogen) atoms. The molecule has 1 heterocycles. The number of likely N-dealkylation sites (tertiary alicyclic amines) is 1. The van der Waals surface area contributed by atoms with Gasteiger partial charge in [-0.05, 0) is 39.3 Å². The maximum absolute atomic E-state index is 11.3. The molecule has 0 radical (unpaired) electrons. The van der Waals surface area contributed by atoms with Crippen molar-refractivity contribution in [2.45, 2.75) is 19.8 Å². The van der Waals surface area contributed by atoms with Gasteiger partial charge in [0.05, 0.1) is 6.61 Å². The summed E-state index contributed by atoms with van der Waals surface area (Å²) in [4.78, 5) is 24.5. The van der Waals surface area contributed by atoms with Gasteiger partial charge in [-0.3, -0.25) is 4.79 Å². The van der Waals surface area contributed by atoms with Crippen LogP contribution in [0.1, 0.15) is 19.8 Å². The van der Waals surface area contributed by atoms with E-state index in [1.165, 1.54) is 0 Å². The van der Waals surface area contributed by atoms with E-state index in [4.69, 9.17) is 0 Å². The Morgan fingerprint density at radius 2 is 2.25 bits per heavy atom. The summed E-state index contributed by atoms with van der Waals surface area (Å²) in [5.74, 6) is -0.973. The van der Waals surface area contributed by atoms with Crippen LogP contribution >= 0.6 is 0 Å². The highest BCUT2D eigenvalue weighted by atomic mass is 16.5. The molecular weight excluding hydrogens is 208 g/mol. The van der Waals surface area contributed by atoms with Gasteiger partial charge in [-0.25, -0.2) is 4.79 Å². The van der Waals surface area contributed by atoms with Crippen molar-refractivity contribution < 1.29 is 14.3 Å². The highest BCUT2D eigenvalue weighted by Crippen LogP contribution is 2.13. The number of ether oxygens (including phenoxy) is 1. The number of esters is 1. The number of amides is 1. The summed E-state index contributed by atoms with van der Waals surface area (Å²) in [6.07, 6.45) is 2.25. The SMILES string of the molecule is CCOC(=O)C(=O)NCC1CCCN(C)C1. The molecule has 0 aliphatic carbocycles. The predicted octanol–water partition coefficient (Wildman–Crippen LogP) is 0.00750. The van der Waals surface area contributed by atoms with E-state index in [-0.39, 0.29) is 6.61 Å². The summed E-state index contributed by atoms with van der Waals surface area (Å²) in [6.45, 7) is 4.56. The molecule has 1 atom stereocenters. The van der Waals surface area contributed by atoms with Gasteiger partial charge >= 0.3 is 11.9 Å². The fraction of sp³-hybridized carbons (Fsp3) is 0.818. The largest absolute Gasteiger partial charge is 0.459 e. The minimum absolute atomic E-state index is 0.235. The number of rotatable bonds is 3. The van der Waals surface area contributed by atoms with Gasteiger partial charge in [0.25, 0.3) is 0 Å². The second kappa shape index (κ2) is 6.48. The van der Waals surface area contributed by atoms with Gasteiger partial charge in [0.1, 0.15) is 0 Å². The van der Waals surface area contributed by atoms with Crippen LogP contribution in [0.5, 0.6) is 0 Å². The average Bonchev–Trinajstić information content (AvgIpc) is 2.26. The van der Waals surface area contributed by atoms with Crippen LogP contribution in [0.3, 0.4) is 0 Å². The van der Waals surface area contributed by atoms with Crippen molar-refractivity contribution in [2.24, 2.45) is 5.92 Å². The molecule has 5 nitrogen and oxygen atoms in total. The Balaban J connectivity index is 2.23. The van der Waals surface area contributed by atoms with Crippen molar-refractivity contribution >= 4 is 11.9 Å². The molecule has 1 fully saturated rings. The molecule has 5 heteroatoms. The lowest BCUT2D eigenvalue weighted by molar-refractivity contribution is -0.154. The van der Waals surface area contributed by atoms with E-state index < -0.39 is 11.9 Å². The number of piperidine rings is 1. The van der Waals surface area contributed by atoms with E-state index in [9.17, 15) is 9.59 Å². The lowest BCUT2D eigenvalue weighted by Crippen LogP contribution is -2.41. The maximum Gasteiger partial charge on any atom is 0.396 e.